The first kappa shape index (κ1) is 15.0. The lowest BCUT2D eigenvalue weighted by Crippen LogP contribution is -2.05. The normalized spacial score (nSPS) is 11.3. The molecule has 20 heavy (non-hydrogen) atoms. The summed E-state index contributed by atoms with van der Waals surface area (Å²) in [6, 6.07) is 9.91. The monoisotopic (exact) mass is 358 g/mol. The number of methoxy groups -OCH3 is 1. The van der Waals surface area contributed by atoms with Gasteiger partial charge in [-0.2, -0.15) is 0 Å². The Hall–Kier alpha value is -1.40. The number of hydrogen-bond donors (Lipinski definition) is 0. The molecule has 3 nitrogen and oxygen atoms in total. The van der Waals surface area contributed by atoms with Gasteiger partial charge in [-0.25, -0.2) is 12.8 Å². The van der Waals surface area contributed by atoms with Crippen molar-refractivity contribution in [2.45, 2.75) is 10.6 Å². The van der Waals surface area contributed by atoms with Crippen LogP contribution in [-0.2, 0) is 15.6 Å². The fraction of sp³-hybridized carbons (Fsp3) is 0.143. The molecule has 106 valence electrons. The Morgan fingerprint density at radius 2 is 1.80 bits per heavy atom. The molecule has 0 bridgehead atoms. The molecule has 0 aliphatic carbocycles. The third kappa shape index (κ3) is 3.37. The largest absolute Gasteiger partial charge is 0.497 e. The van der Waals surface area contributed by atoms with Gasteiger partial charge in [0.15, 0.2) is 9.84 Å². The standard InChI is InChI=1S/C14H12BrFO3S/c1-19-12-4-7-14(15)10(8-12)9-20(17,18)13-5-2-11(16)3-6-13/h2-8H,9H2,1H3. The van der Waals surface area contributed by atoms with E-state index in [0.717, 1.165) is 12.1 Å². The van der Waals surface area contributed by atoms with Gasteiger partial charge in [-0.1, -0.05) is 15.9 Å². The maximum atomic E-state index is 12.8. The van der Waals surface area contributed by atoms with Gasteiger partial charge in [0.05, 0.1) is 17.8 Å². The number of sulfone groups is 1. The van der Waals surface area contributed by atoms with E-state index in [2.05, 4.69) is 15.9 Å². The van der Waals surface area contributed by atoms with Gasteiger partial charge in [-0.15, -0.1) is 0 Å². The van der Waals surface area contributed by atoms with E-state index in [9.17, 15) is 12.8 Å². The fourth-order valence-electron chi connectivity index (χ4n) is 1.72. The first-order valence-corrected chi connectivity index (χ1v) is 8.17. The highest BCUT2D eigenvalue weighted by Crippen LogP contribution is 2.26. The van der Waals surface area contributed by atoms with Crippen LogP contribution in [0.15, 0.2) is 51.8 Å². The Kier molecular flexibility index (Phi) is 4.45. The second-order valence-electron chi connectivity index (χ2n) is 4.17. The van der Waals surface area contributed by atoms with Gasteiger partial charge in [0.2, 0.25) is 0 Å². The van der Waals surface area contributed by atoms with Gasteiger partial charge in [-0.3, -0.25) is 0 Å². The van der Waals surface area contributed by atoms with Crippen LogP contribution in [0.25, 0.3) is 0 Å². The molecule has 2 aromatic rings. The zero-order chi connectivity index (χ0) is 14.8. The zero-order valence-corrected chi connectivity index (χ0v) is 13.0. The maximum absolute atomic E-state index is 12.8. The second kappa shape index (κ2) is 5.93. The molecule has 2 rings (SSSR count). The summed E-state index contributed by atoms with van der Waals surface area (Å²) in [5.41, 5.74) is 0.591. The van der Waals surface area contributed by atoms with Crippen LogP contribution < -0.4 is 4.74 Å². The highest BCUT2D eigenvalue weighted by molar-refractivity contribution is 9.10. The van der Waals surface area contributed by atoms with Crippen LogP contribution in [0.5, 0.6) is 5.75 Å². The van der Waals surface area contributed by atoms with Gasteiger partial charge in [0.1, 0.15) is 11.6 Å². The molecule has 0 unspecified atom stereocenters. The molecule has 0 spiro atoms. The summed E-state index contributed by atoms with van der Waals surface area (Å²) in [7, 11) is -2.01. The highest BCUT2D eigenvalue weighted by atomic mass is 79.9. The van der Waals surface area contributed by atoms with Crippen LogP contribution >= 0.6 is 15.9 Å². The summed E-state index contributed by atoms with van der Waals surface area (Å²) in [4.78, 5) is 0.0913. The number of hydrogen-bond acceptors (Lipinski definition) is 3. The van der Waals surface area contributed by atoms with Crippen LogP contribution in [0.3, 0.4) is 0 Å². The SMILES string of the molecule is COc1ccc(Br)c(CS(=O)(=O)c2ccc(F)cc2)c1. The van der Waals surface area contributed by atoms with Crippen molar-refractivity contribution in [1.82, 2.24) is 0 Å². The van der Waals surface area contributed by atoms with E-state index < -0.39 is 15.7 Å². The molecule has 0 atom stereocenters. The number of rotatable bonds is 4. The zero-order valence-electron chi connectivity index (χ0n) is 10.6. The number of benzene rings is 2. The molecule has 0 saturated heterocycles. The maximum Gasteiger partial charge on any atom is 0.182 e. The molecule has 0 radical (unpaired) electrons. The van der Waals surface area contributed by atoms with E-state index in [0.29, 0.717) is 15.8 Å². The van der Waals surface area contributed by atoms with Crippen LogP contribution in [0.1, 0.15) is 5.56 Å². The lowest BCUT2D eigenvalue weighted by molar-refractivity contribution is 0.414. The average Bonchev–Trinajstić information content (AvgIpc) is 2.41. The summed E-state index contributed by atoms with van der Waals surface area (Å²) in [5.74, 6) is -0.0693. The molecular weight excluding hydrogens is 347 g/mol. The molecule has 0 heterocycles. The van der Waals surface area contributed by atoms with Crippen molar-refractivity contribution in [2.24, 2.45) is 0 Å². The Balaban J connectivity index is 2.35. The molecule has 0 amide bonds. The highest BCUT2D eigenvalue weighted by Gasteiger charge is 2.17. The first-order valence-electron chi connectivity index (χ1n) is 5.73. The summed E-state index contributed by atoms with van der Waals surface area (Å²) in [6.45, 7) is 0. The first-order chi connectivity index (χ1) is 9.42. The van der Waals surface area contributed by atoms with E-state index in [1.54, 1.807) is 18.2 Å². The van der Waals surface area contributed by atoms with Crippen molar-refractivity contribution in [1.29, 1.82) is 0 Å². The Morgan fingerprint density at radius 1 is 1.15 bits per heavy atom. The summed E-state index contributed by atoms with van der Waals surface area (Å²) in [5, 5.41) is 0. The molecule has 6 heteroatoms. The van der Waals surface area contributed by atoms with E-state index >= 15 is 0 Å². The van der Waals surface area contributed by atoms with Gasteiger partial charge < -0.3 is 4.74 Å². The minimum absolute atomic E-state index is 0.0913. The summed E-state index contributed by atoms with van der Waals surface area (Å²) < 4.78 is 43.2. The van der Waals surface area contributed by atoms with E-state index in [-0.39, 0.29) is 10.6 Å². The predicted octanol–water partition coefficient (Wildman–Crippen LogP) is 3.57. The topological polar surface area (TPSA) is 43.4 Å². The Morgan fingerprint density at radius 3 is 2.40 bits per heavy atom. The van der Waals surface area contributed by atoms with E-state index in [1.165, 1.54) is 19.2 Å². The molecule has 0 saturated carbocycles. The van der Waals surface area contributed by atoms with Crippen LogP contribution in [-0.4, -0.2) is 15.5 Å². The second-order valence-corrected chi connectivity index (χ2v) is 7.01. The Labute approximate surface area is 125 Å². The molecule has 0 aromatic heterocycles. The van der Waals surface area contributed by atoms with Gasteiger partial charge in [-0.05, 0) is 48.0 Å². The number of halogens is 2. The molecule has 0 aliphatic heterocycles. The van der Waals surface area contributed by atoms with Crippen molar-refractivity contribution in [3.8, 4) is 5.75 Å². The lowest BCUT2D eigenvalue weighted by atomic mass is 10.2. The van der Waals surface area contributed by atoms with Crippen molar-refractivity contribution < 1.29 is 17.5 Å². The quantitative estimate of drug-likeness (QED) is 0.784. The van der Waals surface area contributed by atoms with Crippen molar-refractivity contribution in [3.05, 3.63) is 58.3 Å². The number of ether oxygens (including phenoxy) is 1. The summed E-state index contributed by atoms with van der Waals surface area (Å²) in [6.07, 6.45) is 0. The van der Waals surface area contributed by atoms with Gasteiger partial charge in [0.25, 0.3) is 0 Å². The third-order valence-corrected chi connectivity index (χ3v) is 5.23. The van der Waals surface area contributed by atoms with Crippen LogP contribution in [0.4, 0.5) is 4.39 Å². The van der Waals surface area contributed by atoms with Gasteiger partial charge in [0, 0.05) is 4.47 Å². The molecule has 2 aromatic carbocycles. The van der Waals surface area contributed by atoms with Crippen molar-refractivity contribution >= 4 is 25.8 Å². The molecule has 0 fully saturated rings. The predicted molar refractivity (Wildman–Crippen MR) is 78.0 cm³/mol. The smallest absolute Gasteiger partial charge is 0.182 e. The van der Waals surface area contributed by atoms with Crippen molar-refractivity contribution in [3.63, 3.8) is 0 Å². The minimum atomic E-state index is -3.53. The molecular formula is C14H12BrFO3S. The van der Waals surface area contributed by atoms with Crippen molar-refractivity contribution in [2.75, 3.05) is 7.11 Å². The van der Waals surface area contributed by atoms with E-state index in [1.807, 2.05) is 0 Å². The Bertz CT molecular complexity index is 712. The van der Waals surface area contributed by atoms with Gasteiger partial charge >= 0.3 is 0 Å². The lowest BCUT2D eigenvalue weighted by Gasteiger charge is -2.08. The fourth-order valence-corrected chi connectivity index (χ4v) is 3.66. The molecule has 0 aliphatic rings. The minimum Gasteiger partial charge on any atom is -0.497 e. The average molecular weight is 359 g/mol. The van der Waals surface area contributed by atoms with E-state index in [4.69, 9.17) is 4.74 Å². The summed E-state index contributed by atoms with van der Waals surface area (Å²) >= 11 is 3.32. The third-order valence-electron chi connectivity index (χ3n) is 2.77. The van der Waals surface area contributed by atoms with Crippen LogP contribution in [0, 0.1) is 5.82 Å². The molecule has 0 N–H and O–H groups in total. The van der Waals surface area contributed by atoms with Crippen LogP contribution in [0.2, 0.25) is 0 Å².